The number of carbonyl (C=O) groups is 2. The van der Waals surface area contributed by atoms with Crippen LogP contribution in [0.4, 0.5) is 5.13 Å². The van der Waals surface area contributed by atoms with Gasteiger partial charge in [0, 0.05) is 6.08 Å². The van der Waals surface area contributed by atoms with Crippen LogP contribution in [0.3, 0.4) is 0 Å². The molecule has 0 unspecified atom stereocenters. The van der Waals surface area contributed by atoms with Crippen molar-refractivity contribution in [2.75, 3.05) is 26.1 Å². The Morgan fingerprint density at radius 1 is 1.30 bits per heavy atom. The number of ether oxygens (including phenoxy) is 3. The summed E-state index contributed by atoms with van der Waals surface area (Å²) in [5.74, 6) is 0.300. The molecule has 0 aliphatic carbocycles. The first-order chi connectivity index (χ1) is 12.9. The normalized spacial score (nSPS) is 10.7. The maximum Gasteiger partial charge on any atom is 0.350 e. The molecule has 0 radical (unpaired) electrons. The Hall–Kier alpha value is -2.39. The standard InChI is InChI=1S/C18H19BrN2O5S/c1-5-26-17(23)16-10(2)20-18(27-16)21-14(22)7-6-11-8-12(19)15(25-4)13(9-11)24-3/h6-9H,5H2,1-4H3,(H,20,21,22)/b7-6+. The van der Waals surface area contributed by atoms with E-state index < -0.39 is 5.97 Å². The number of hydrogen-bond donors (Lipinski definition) is 1. The zero-order valence-corrected chi connectivity index (χ0v) is 17.7. The molecule has 0 fully saturated rings. The minimum Gasteiger partial charge on any atom is -0.493 e. The highest BCUT2D eigenvalue weighted by Gasteiger charge is 2.17. The number of aryl methyl sites for hydroxylation is 1. The predicted molar refractivity (Wildman–Crippen MR) is 108 cm³/mol. The monoisotopic (exact) mass is 454 g/mol. The van der Waals surface area contributed by atoms with Crippen LogP contribution in [0.15, 0.2) is 22.7 Å². The van der Waals surface area contributed by atoms with Crippen LogP contribution in [0.5, 0.6) is 11.5 Å². The van der Waals surface area contributed by atoms with Crippen LogP contribution in [0.25, 0.3) is 6.08 Å². The Labute approximate surface area is 169 Å². The molecule has 144 valence electrons. The molecule has 27 heavy (non-hydrogen) atoms. The fourth-order valence-corrected chi connectivity index (χ4v) is 3.67. The summed E-state index contributed by atoms with van der Waals surface area (Å²) in [7, 11) is 3.09. The largest absolute Gasteiger partial charge is 0.493 e. The first kappa shape index (κ1) is 20.9. The van der Waals surface area contributed by atoms with Crippen LogP contribution in [0.1, 0.15) is 27.9 Å². The Kier molecular flexibility index (Phi) is 7.37. The second-order valence-electron chi connectivity index (χ2n) is 5.21. The van der Waals surface area contributed by atoms with Crippen molar-refractivity contribution in [3.05, 3.63) is 38.8 Å². The topological polar surface area (TPSA) is 86.8 Å². The number of hydrogen-bond acceptors (Lipinski definition) is 7. The number of methoxy groups -OCH3 is 2. The van der Waals surface area contributed by atoms with Gasteiger partial charge in [-0.1, -0.05) is 11.3 Å². The van der Waals surface area contributed by atoms with Gasteiger partial charge in [-0.05, 0) is 53.5 Å². The van der Waals surface area contributed by atoms with Crippen LogP contribution >= 0.6 is 27.3 Å². The molecule has 1 aromatic carbocycles. The molecule has 0 saturated carbocycles. The number of anilines is 1. The van der Waals surface area contributed by atoms with Crippen LogP contribution in [-0.4, -0.2) is 37.7 Å². The van der Waals surface area contributed by atoms with E-state index in [0.717, 1.165) is 16.9 Å². The van der Waals surface area contributed by atoms with E-state index in [0.29, 0.717) is 31.7 Å². The van der Waals surface area contributed by atoms with Crippen LogP contribution in [0, 0.1) is 6.92 Å². The minimum absolute atomic E-state index is 0.279. The summed E-state index contributed by atoms with van der Waals surface area (Å²) in [6, 6.07) is 3.55. The molecule has 0 spiro atoms. The third-order valence-corrected chi connectivity index (χ3v) is 5.01. The highest BCUT2D eigenvalue weighted by molar-refractivity contribution is 9.10. The van der Waals surface area contributed by atoms with E-state index in [1.54, 1.807) is 39.2 Å². The summed E-state index contributed by atoms with van der Waals surface area (Å²) in [6.45, 7) is 3.70. The predicted octanol–water partition coefficient (Wildman–Crippen LogP) is 4.06. The van der Waals surface area contributed by atoms with Crippen molar-refractivity contribution < 1.29 is 23.8 Å². The molecule has 1 heterocycles. The molecule has 0 bridgehead atoms. The second-order valence-corrected chi connectivity index (χ2v) is 7.07. The molecule has 9 heteroatoms. The van der Waals surface area contributed by atoms with Crippen molar-refractivity contribution in [1.29, 1.82) is 0 Å². The zero-order chi connectivity index (χ0) is 20.0. The molecule has 2 rings (SSSR count). The summed E-state index contributed by atoms with van der Waals surface area (Å²) >= 11 is 4.48. The number of benzene rings is 1. The molecule has 7 nitrogen and oxygen atoms in total. The zero-order valence-electron chi connectivity index (χ0n) is 15.3. The van der Waals surface area contributed by atoms with Gasteiger partial charge >= 0.3 is 5.97 Å². The lowest BCUT2D eigenvalue weighted by atomic mass is 10.2. The molecular weight excluding hydrogens is 436 g/mol. The molecule has 1 N–H and O–H groups in total. The van der Waals surface area contributed by atoms with Crippen molar-refractivity contribution in [2.45, 2.75) is 13.8 Å². The average molecular weight is 455 g/mol. The van der Waals surface area contributed by atoms with Gasteiger partial charge in [0.05, 0.1) is 31.0 Å². The minimum atomic E-state index is -0.446. The summed E-state index contributed by atoms with van der Waals surface area (Å²) < 4.78 is 16.2. The van der Waals surface area contributed by atoms with E-state index in [9.17, 15) is 9.59 Å². The summed E-state index contributed by atoms with van der Waals surface area (Å²) in [5, 5.41) is 2.97. The number of thiazole rings is 1. The molecule has 0 saturated heterocycles. The summed E-state index contributed by atoms with van der Waals surface area (Å²) in [5.41, 5.74) is 1.26. The van der Waals surface area contributed by atoms with Crippen LogP contribution in [0.2, 0.25) is 0 Å². The van der Waals surface area contributed by atoms with Gasteiger partial charge in [-0.2, -0.15) is 0 Å². The lowest BCUT2D eigenvalue weighted by Gasteiger charge is -2.10. The number of halogens is 1. The van der Waals surface area contributed by atoms with Crippen molar-refractivity contribution in [1.82, 2.24) is 4.98 Å². The first-order valence-corrected chi connectivity index (χ1v) is 9.55. The fraction of sp³-hybridized carbons (Fsp3) is 0.278. The molecule has 1 aromatic heterocycles. The van der Waals surface area contributed by atoms with E-state index in [4.69, 9.17) is 14.2 Å². The van der Waals surface area contributed by atoms with Gasteiger partial charge in [-0.15, -0.1) is 0 Å². The quantitative estimate of drug-likeness (QED) is 0.501. The van der Waals surface area contributed by atoms with Gasteiger partial charge in [-0.25, -0.2) is 9.78 Å². The van der Waals surface area contributed by atoms with Gasteiger partial charge < -0.3 is 14.2 Å². The van der Waals surface area contributed by atoms with Gasteiger partial charge in [0.15, 0.2) is 16.6 Å². The Balaban J connectivity index is 2.11. The number of nitrogens with zero attached hydrogens (tertiary/aromatic N) is 1. The van der Waals surface area contributed by atoms with E-state index in [1.807, 2.05) is 0 Å². The molecule has 1 amide bonds. The SMILES string of the molecule is CCOC(=O)c1sc(NC(=O)/C=C/c2cc(Br)c(OC)c(OC)c2)nc1C. The molecular formula is C18H19BrN2O5S. The van der Waals surface area contributed by atoms with E-state index >= 15 is 0 Å². The number of carbonyl (C=O) groups excluding carboxylic acids is 2. The number of amides is 1. The summed E-state index contributed by atoms with van der Waals surface area (Å²) in [6.07, 6.45) is 3.00. The third kappa shape index (κ3) is 5.30. The lowest BCUT2D eigenvalue weighted by Crippen LogP contribution is -2.07. The average Bonchev–Trinajstić information content (AvgIpc) is 2.99. The lowest BCUT2D eigenvalue weighted by molar-refractivity contribution is -0.111. The number of esters is 1. The first-order valence-electron chi connectivity index (χ1n) is 7.94. The van der Waals surface area contributed by atoms with E-state index in [1.165, 1.54) is 13.2 Å². The smallest absolute Gasteiger partial charge is 0.350 e. The third-order valence-electron chi connectivity index (χ3n) is 3.37. The van der Waals surface area contributed by atoms with Crippen molar-refractivity contribution in [3.8, 4) is 11.5 Å². The Morgan fingerprint density at radius 2 is 2.04 bits per heavy atom. The van der Waals surface area contributed by atoms with Crippen LogP contribution in [-0.2, 0) is 9.53 Å². The number of rotatable bonds is 7. The van der Waals surface area contributed by atoms with Crippen molar-refractivity contribution in [3.63, 3.8) is 0 Å². The highest BCUT2D eigenvalue weighted by Crippen LogP contribution is 2.36. The van der Waals surface area contributed by atoms with Crippen molar-refractivity contribution in [2.24, 2.45) is 0 Å². The highest BCUT2D eigenvalue weighted by atomic mass is 79.9. The van der Waals surface area contributed by atoms with Crippen LogP contribution < -0.4 is 14.8 Å². The number of aromatic nitrogens is 1. The van der Waals surface area contributed by atoms with Gasteiger partial charge in [0.2, 0.25) is 5.91 Å². The maximum atomic E-state index is 12.1. The summed E-state index contributed by atoms with van der Waals surface area (Å²) in [4.78, 5) is 28.5. The molecule has 0 atom stereocenters. The van der Waals surface area contributed by atoms with Gasteiger partial charge in [0.1, 0.15) is 4.88 Å². The van der Waals surface area contributed by atoms with Gasteiger partial charge in [0.25, 0.3) is 0 Å². The second kappa shape index (κ2) is 9.52. The van der Waals surface area contributed by atoms with E-state index in [-0.39, 0.29) is 12.5 Å². The van der Waals surface area contributed by atoms with E-state index in [2.05, 4.69) is 26.2 Å². The van der Waals surface area contributed by atoms with Gasteiger partial charge in [-0.3, -0.25) is 10.1 Å². The molecule has 0 aliphatic heterocycles. The number of nitrogens with one attached hydrogen (secondary N) is 1. The maximum absolute atomic E-state index is 12.1. The Bertz CT molecular complexity index is 879. The van der Waals surface area contributed by atoms with Crippen molar-refractivity contribution >= 4 is 50.4 Å². The Morgan fingerprint density at radius 3 is 2.67 bits per heavy atom. The molecule has 2 aromatic rings. The molecule has 0 aliphatic rings. The fourth-order valence-electron chi connectivity index (χ4n) is 2.19.